The second-order valence-corrected chi connectivity index (χ2v) is 4.57. The van der Waals surface area contributed by atoms with E-state index in [1.807, 2.05) is 48.5 Å². The molecule has 0 spiro atoms. The van der Waals surface area contributed by atoms with Crippen LogP contribution in [-0.4, -0.2) is 19.0 Å². The fraction of sp³-hybridized carbons (Fsp3) is 0.111. The summed E-state index contributed by atoms with van der Waals surface area (Å²) in [7, 11) is 0. The Morgan fingerprint density at radius 3 is 1.95 bits per heavy atom. The minimum atomic E-state index is 0.508. The molecule has 0 bridgehead atoms. The molecule has 21 heavy (non-hydrogen) atoms. The van der Waals surface area contributed by atoms with Crippen LogP contribution < -0.4 is 4.74 Å². The van der Waals surface area contributed by atoms with E-state index in [0.29, 0.717) is 6.61 Å². The Labute approximate surface area is 125 Å². The van der Waals surface area contributed by atoms with Gasteiger partial charge in [-0.25, -0.2) is 0 Å². The molecule has 0 unspecified atom stereocenters. The highest BCUT2D eigenvalue weighted by atomic mass is 16.5. The Balaban J connectivity index is 1.91. The SMILES string of the molecule is C=CCOc1ccc(/C=N/N=C/c2ccc(C)cc2)cc1. The van der Waals surface area contributed by atoms with Gasteiger partial charge < -0.3 is 4.74 Å². The third-order valence-corrected chi connectivity index (χ3v) is 2.81. The van der Waals surface area contributed by atoms with Crippen molar-refractivity contribution in [3.8, 4) is 5.75 Å². The molecule has 2 aromatic carbocycles. The summed E-state index contributed by atoms with van der Waals surface area (Å²) >= 11 is 0. The molecule has 0 atom stereocenters. The Morgan fingerprint density at radius 1 is 0.905 bits per heavy atom. The number of hydrogen-bond donors (Lipinski definition) is 0. The zero-order valence-corrected chi connectivity index (χ0v) is 12.1. The molecule has 0 aliphatic heterocycles. The van der Waals surface area contributed by atoms with E-state index in [4.69, 9.17) is 4.74 Å². The summed E-state index contributed by atoms with van der Waals surface area (Å²) in [6, 6.07) is 15.8. The van der Waals surface area contributed by atoms with Crippen molar-refractivity contribution in [3.63, 3.8) is 0 Å². The quantitative estimate of drug-likeness (QED) is 0.446. The minimum absolute atomic E-state index is 0.508. The summed E-state index contributed by atoms with van der Waals surface area (Å²) in [6.07, 6.45) is 5.16. The van der Waals surface area contributed by atoms with Crippen LogP contribution in [0.4, 0.5) is 0 Å². The van der Waals surface area contributed by atoms with Gasteiger partial charge in [0.2, 0.25) is 0 Å². The van der Waals surface area contributed by atoms with E-state index in [1.165, 1.54) is 5.56 Å². The summed E-state index contributed by atoms with van der Waals surface area (Å²) in [5.41, 5.74) is 3.24. The fourth-order valence-corrected chi connectivity index (χ4v) is 1.66. The number of benzene rings is 2. The van der Waals surface area contributed by atoms with Gasteiger partial charge in [-0.1, -0.05) is 42.5 Å². The lowest BCUT2D eigenvalue weighted by atomic mass is 10.2. The van der Waals surface area contributed by atoms with E-state index in [-0.39, 0.29) is 0 Å². The first-order valence-electron chi connectivity index (χ1n) is 6.75. The lowest BCUT2D eigenvalue weighted by molar-refractivity contribution is 0.363. The second kappa shape index (κ2) is 7.80. The molecular formula is C18H18N2O. The second-order valence-electron chi connectivity index (χ2n) is 4.57. The molecule has 0 fully saturated rings. The van der Waals surface area contributed by atoms with Gasteiger partial charge in [0.1, 0.15) is 12.4 Å². The Hall–Kier alpha value is -2.68. The van der Waals surface area contributed by atoms with Crippen molar-refractivity contribution < 1.29 is 4.74 Å². The standard InChI is InChI=1S/C18H18N2O/c1-3-12-21-18-10-8-17(9-11-18)14-20-19-13-16-6-4-15(2)5-7-16/h3-11,13-14H,1,12H2,2H3/b19-13+,20-14+. The highest BCUT2D eigenvalue weighted by molar-refractivity contribution is 5.82. The average molecular weight is 278 g/mol. The zero-order chi connectivity index (χ0) is 14.9. The highest BCUT2D eigenvalue weighted by Gasteiger charge is 1.92. The van der Waals surface area contributed by atoms with Gasteiger partial charge >= 0.3 is 0 Å². The van der Waals surface area contributed by atoms with E-state index in [0.717, 1.165) is 16.9 Å². The minimum Gasteiger partial charge on any atom is -0.490 e. The van der Waals surface area contributed by atoms with Crippen LogP contribution in [0, 0.1) is 6.92 Å². The van der Waals surface area contributed by atoms with Crippen LogP contribution >= 0.6 is 0 Å². The lowest BCUT2D eigenvalue weighted by Crippen LogP contribution is -1.92. The molecule has 0 saturated heterocycles. The Kier molecular flexibility index (Phi) is 5.47. The van der Waals surface area contributed by atoms with Gasteiger partial charge in [0.25, 0.3) is 0 Å². The van der Waals surface area contributed by atoms with E-state index < -0.39 is 0 Å². The maximum Gasteiger partial charge on any atom is 0.119 e. The van der Waals surface area contributed by atoms with Gasteiger partial charge in [-0.3, -0.25) is 0 Å². The third-order valence-electron chi connectivity index (χ3n) is 2.81. The molecule has 0 radical (unpaired) electrons. The summed E-state index contributed by atoms with van der Waals surface area (Å²) in [6.45, 7) is 6.18. The molecule has 2 aromatic rings. The topological polar surface area (TPSA) is 34.0 Å². The van der Waals surface area contributed by atoms with E-state index >= 15 is 0 Å². The van der Waals surface area contributed by atoms with Crippen LogP contribution in [0.3, 0.4) is 0 Å². The van der Waals surface area contributed by atoms with Gasteiger partial charge in [0, 0.05) is 0 Å². The Morgan fingerprint density at radius 2 is 1.43 bits per heavy atom. The Bertz CT molecular complexity index is 625. The molecule has 0 aromatic heterocycles. The number of ether oxygens (including phenoxy) is 1. The van der Waals surface area contributed by atoms with Crippen molar-refractivity contribution in [1.82, 2.24) is 0 Å². The third kappa shape index (κ3) is 5.07. The molecule has 3 heteroatoms. The van der Waals surface area contributed by atoms with Crippen LogP contribution in [0.15, 0.2) is 71.4 Å². The predicted octanol–water partition coefficient (Wildman–Crippen LogP) is 4.01. The van der Waals surface area contributed by atoms with Gasteiger partial charge in [0.05, 0.1) is 12.4 Å². The van der Waals surface area contributed by atoms with Gasteiger partial charge in [-0.05, 0) is 42.3 Å². The first kappa shape index (κ1) is 14.7. The van der Waals surface area contributed by atoms with Gasteiger partial charge in [0.15, 0.2) is 0 Å². The van der Waals surface area contributed by atoms with Crippen molar-refractivity contribution in [2.24, 2.45) is 10.2 Å². The highest BCUT2D eigenvalue weighted by Crippen LogP contribution is 2.11. The average Bonchev–Trinajstić information content (AvgIpc) is 2.52. The van der Waals surface area contributed by atoms with Crippen molar-refractivity contribution >= 4 is 12.4 Å². The lowest BCUT2D eigenvalue weighted by Gasteiger charge is -2.02. The maximum absolute atomic E-state index is 5.41. The summed E-state index contributed by atoms with van der Waals surface area (Å²) in [5.74, 6) is 0.815. The van der Waals surface area contributed by atoms with Crippen LogP contribution in [-0.2, 0) is 0 Å². The number of rotatable bonds is 6. The molecule has 3 nitrogen and oxygen atoms in total. The normalized spacial score (nSPS) is 11.1. The van der Waals surface area contributed by atoms with E-state index in [1.54, 1.807) is 18.5 Å². The fourth-order valence-electron chi connectivity index (χ4n) is 1.66. The van der Waals surface area contributed by atoms with Crippen molar-refractivity contribution in [2.75, 3.05) is 6.61 Å². The molecule has 2 rings (SSSR count). The molecule has 106 valence electrons. The monoisotopic (exact) mass is 278 g/mol. The molecule has 0 aliphatic rings. The maximum atomic E-state index is 5.41. The smallest absolute Gasteiger partial charge is 0.119 e. The van der Waals surface area contributed by atoms with E-state index in [9.17, 15) is 0 Å². The van der Waals surface area contributed by atoms with Crippen LogP contribution in [0.1, 0.15) is 16.7 Å². The molecule has 0 amide bonds. The van der Waals surface area contributed by atoms with Crippen molar-refractivity contribution in [1.29, 1.82) is 0 Å². The molecule has 0 saturated carbocycles. The van der Waals surface area contributed by atoms with Crippen LogP contribution in [0.5, 0.6) is 5.75 Å². The largest absolute Gasteiger partial charge is 0.490 e. The van der Waals surface area contributed by atoms with Gasteiger partial charge in [-0.15, -0.1) is 0 Å². The summed E-state index contributed by atoms with van der Waals surface area (Å²) in [4.78, 5) is 0. The zero-order valence-electron chi connectivity index (χ0n) is 12.1. The van der Waals surface area contributed by atoms with Gasteiger partial charge in [-0.2, -0.15) is 10.2 Å². The molecular weight excluding hydrogens is 260 g/mol. The van der Waals surface area contributed by atoms with Crippen LogP contribution in [0.2, 0.25) is 0 Å². The first-order valence-corrected chi connectivity index (χ1v) is 6.75. The van der Waals surface area contributed by atoms with Crippen LogP contribution in [0.25, 0.3) is 0 Å². The summed E-state index contributed by atoms with van der Waals surface area (Å²) < 4.78 is 5.41. The van der Waals surface area contributed by atoms with E-state index in [2.05, 4.69) is 23.7 Å². The van der Waals surface area contributed by atoms with Crippen molar-refractivity contribution in [3.05, 3.63) is 77.9 Å². The summed E-state index contributed by atoms with van der Waals surface area (Å²) in [5, 5.41) is 8.08. The number of hydrogen-bond acceptors (Lipinski definition) is 3. The first-order chi connectivity index (χ1) is 10.3. The predicted molar refractivity (Wildman–Crippen MR) is 88.5 cm³/mol. The molecule has 0 heterocycles. The molecule has 0 aliphatic carbocycles. The number of aryl methyl sites for hydroxylation is 1. The van der Waals surface area contributed by atoms with Crippen molar-refractivity contribution in [2.45, 2.75) is 6.92 Å². The number of nitrogens with zero attached hydrogens (tertiary/aromatic N) is 2. The molecule has 0 N–H and O–H groups in total.